The number of hydrogen-bond acceptors (Lipinski definition) is 3. The van der Waals surface area contributed by atoms with Crippen LogP contribution in [0.2, 0.25) is 5.02 Å². The van der Waals surface area contributed by atoms with Crippen molar-refractivity contribution < 1.29 is 9.59 Å². The van der Waals surface area contributed by atoms with E-state index in [1.807, 2.05) is 0 Å². The first-order valence-electron chi connectivity index (χ1n) is 5.79. The first-order valence-corrected chi connectivity index (χ1v) is 6.57. The second kappa shape index (κ2) is 5.98. The van der Waals surface area contributed by atoms with Crippen LogP contribution in [-0.4, -0.2) is 28.4 Å². The maximum Gasteiger partial charge on any atom is 0.265 e. The van der Waals surface area contributed by atoms with Crippen LogP contribution in [0, 0.1) is 0 Å². The van der Waals surface area contributed by atoms with Crippen LogP contribution in [0.5, 0.6) is 0 Å². The predicted molar refractivity (Wildman–Crippen MR) is 82.1 cm³/mol. The smallest absolute Gasteiger partial charge is 0.265 e. The Morgan fingerprint density at radius 1 is 1.35 bits per heavy atom. The van der Waals surface area contributed by atoms with E-state index in [4.69, 9.17) is 23.8 Å². The van der Waals surface area contributed by atoms with Crippen molar-refractivity contribution in [2.24, 2.45) is 0 Å². The molecule has 0 radical (unpaired) electrons. The van der Waals surface area contributed by atoms with Crippen LogP contribution in [0.25, 0.3) is 6.08 Å². The number of nitrogens with one attached hydrogen (secondary N) is 1. The second-order valence-electron chi connectivity index (χ2n) is 4.04. The number of carbonyl (C=O) groups excluding carboxylic acids is 2. The van der Waals surface area contributed by atoms with Crippen molar-refractivity contribution in [2.45, 2.75) is 0 Å². The van der Waals surface area contributed by atoms with Gasteiger partial charge in [0.25, 0.3) is 11.8 Å². The van der Waals surface area contributed by atoms with Gasteiger partial charge in [0, 0.05) is 11.6 Å². The molecule has 20 heavy (non-hydrogen) atoms. The van der Waals surface area contributed by atoms with Gasteiger partial charge in [0.15, 0.2) is 5.11 Å². The minimum atomic E-state index is -0.528. The van der Waals surface area contributed by atoms with Gasteiger partial charge >= 0.3 is 0 Å². The average molecular weight is 307 g/mol. The predicted octanol–water partition coefficient (Wildman–Crippen LogP) is 2.15. The molecule has 0 saturated carbocycles. The van der Waals surface area contributed by atoms with Crippen molar-refractivity contribution in [3.05, 3.63) is 53.1 Å². The van der Waals surface area contributed by atoms with E-state index < -0.39 is 11.8 Å². The number of carbonyl (C=O) groups is 2. The molecule has 1 aromatic rings. The summed E-state index contributed by atoms with van der Waals surface area (Å²) in [6, 6.07) is 6.95. The molecule has 1 saturated heterocycles. The van der Waals surface area contributed by atoms with Gasteiger partial charge in [0.2, 0.25) is 0 Å². The Hall–Kier alpha value is -1.98. The van der Waals surface area contributed by atoms with E-state index in [0.29, 0.717) is 10.6 Å². The zero-order chi connectivity index (χ0) is 14.7. The Kier molecular flexibility index (Phi) is 4.32. The van der Waals surface area contributed by atoms with E-state index in [1.54, 1.807) is 24.3 Å². The zero-order valence-corrected chi connectivity index (χ0v) is 12.0. The minimum absolute atomic E-state index is 0.00597. The topological polar surface area (TPSA) is 49.4 Å². The van der Waals surface area contributed by atoms with Gasteiger partial charge in [0.05, 0.1) is 0 Å². The molecule has 1 aromatic carbocycles. The Morgan fingerprint density at radius 2 is 2.05 bits per heavy atom. The molecule has 1 aliphatic rings. The lowest BCUT2D eigenvalue weighted by molar-refractivity contribution is -0.128. The molecule has 0 bridgehead atoms. The second-order valence-corrected chi connectivity index (χ2v) is 4.84. The largest absolute Gasteiger partial charge is 0.298 e. The molecule has 6 heteroatoms. The van der Waals surface area contributed by atoms with E-state index in [2.05, 4.69) is 11.9 Å². The lowest BCUT2D eigenvalue weighted by Crippen LogP contribution is -2.53. The highest BCUT2D eigenvalue weighted by atomic mass is 35.5. The van der Waals surface area contributed by atoms with Gasteiger partial charge in [-0.3, -0.25) is 19.8 Å². The summed E-state index contributed by atoms with van der Waals surface area (Å²) in [5.41, 5.74) is 0.590. The molecule has 1 heterocycles. The number of nitrogens with zero attached hydrogens (tertiary/aromatic N) is 1. The van der Waals surface area contributed by atoms with Crippen LogP contribution in [-0.2, 0) is 9.59 Å². The van der Waals surface area contributed by atoms with Gasteiger partial charge in [-0.2, -0.15) is 0 Å². The standard InChI is InChI=1S/C14H11ClN2O2S/c1-2-7-17-13(19)10(12(18)16-14(17)20)8-9-5-3-4-6-11(9)15/h2-6,8H,1,7H2,(H,16,18,20). The molecular weight excluding hydrogens is 296 g/mol. The summed E-state index contributed by atoms with van der Waals surface area (Å²) in [6.07, 6.45) is 2.99. The molecule has 0 spiro atoms. The van der Waals surface area contributed by atoms with E-state index in [-0.39, 0.29) is 17.2 Å². The van der Waals surface area contributed by atoms with Gasteiger partial charge in [-0.05, 0) is 29.9 Å². The Bertz CT molecular complexity index is 640. The Labute approximate surface area is 126 Å². The van der Waals surface area contributed by atoms with Crippen LogP contribution in [0.15, 0.2) is 42.5 Å². The molecule has 102 valence electrons. The number of benzene rings is 1. The summed E-state index contributed by atoms with van der Waals surface area (Å²) in [5.74, 6) is -0.987. The maximum atomic E-state index is 12.3. The van der Waals surface area contributed by atoms with Crippen LogP contribution >= 0.6 is 23.8 Å². The molecular formula is C14H11ClN2O2S. The lowest BCUT2D eigenvalue weighted by Gasteiger charge is -2.27. The lowest BCUT2D eigenvalue weighted by atomic mass is 10.1. The highest BCUT2D eigenvalue weighted by Gasteiger charge is 2.32. The highest BCUT2D eigenvalue weighted by molar-refractivity contribution is 7.80. The van der Waals surface area contributed by atoms with Crippen molar-refractivity contribution >= 4 is 46.8 Å². The van der Waals surface area contributed by atoms with Gasteiger partial charge in [-0.25, -0.2) is 0 Å². The number of thiocarbonyl (C=S) groups is 1. The first kappa shape index (κ1) is 14.4. The third-order valence-corrected chi connectivity index (χ3v) is 3.37. The van der Waals surface area contributed by atoms with Gasteiger partial charge < -0.3 is 0 Å². The number of hydrogen-bond donors (Lipinski definition) is 1. The quantitative estimate of drug-likeness (QED) is 0.403. The Morgan fingerprint density at radius 3 is 2.70 bits per heavy atom. The van der Waals surface area contributed by atoms with Crippen LogP contribution in [0.4, 0.5) is 0 Å². The molecule has 1 fully saturated rings. The summed E-state index contributed by atoms with van der Waals surface area (Å²) in [6.45, 7) is 3.79. The van der Waals surface area contributed by atoms with Gasteiger partial charge in [-0.1, -0.05) is 35.9 Å². The monoisotopic (exact) mass is 306 g/mol. The van der Waals surface area contributed by atoms with E-state index in [0.717, 1.165) is 0 Å². The fourth-order valence-corrected chi connectivity index (χ4v) is 2.18. The van der Waals surface area contributed by atoms with E-state index in [9.17, 15) is 9.59 Å². The van der Waals surface area contributed by atoms with Gasteiger partial charge in [0.1, 0.15) is 5.57 Å². The summed E-state index contributed by atoms with van der Waals surface area (Å²) >= 11 is 11.0. The van der Waals surface area contributed by atoms with Crippen LogP contribution in [0.1, 0.15) is 5.56 Å². The molecule has 4 nitrogen and oxygen atoms in total. The number of halogens is 1. The summed E-state index contributed by atoms with van der Waals surface area (Å²) < 4.78 is 0. The van der Waals surface area contributed by atoms with Crippen LogP contribution < -0.4 is 5.32 Å². The number of amides is 2. The van der Waals surface area contributed by atoms with Gasteiger partial charge in [-0.15, -0.1) is 6.58 Å². The first-order chi connectivity index (χ1) is 9.54. The molecule has 1 N–H and O–H groups in total. The van der Waals surface area contributed by atoms with E-state index in [1.165, 1.54) is 17.1 Å². The molecule has 2 amide bonds. The average Bonchev–Trinajstić information content (AvgIpc) is 2.41. The summed E-state index contributed by atoms with van der Waals surface area (Å²) in [5, 5.41) is 3.01. The fraction of sp³-hybridized carbons (Fsp3) is 0.0714. The molecule has 0 aromatic heterocycles. The Balaban J connectivity index is 2.42. The highest BCUT2D eigenvalue weighted by Crippen LogP contribution is 2.20. The van der Waals surface area contributed by atoms with Crippen molar-refractivity contribution in [1.82, 2.24) is 10.2 Å². The molecule has 0 unspecified atom stereocenters. The van der Waals surface area contributed by atoms with Crippen LogP contribution in [0.3, 0.4) is 0 Å². The zero-order valence-electron chi connectivity index (χ0n) is 10.4. The third-order valence-electron chi connectivity index (χ3n) is 2.70. The van der Waals surface area contributed by atoms with Crippen molar-refractivity contribution in [1.29, 1.82) is 0 Å². The minimum Gasteiger partial charge on any atom is -0.298 e. The molecule has 1 aliphatic heterocycles. The molecule has 0 atom stereocenters. The van der Waals surface area contributed by atoms with Crippen molar-refractivity contribution in [3.8, 4) is 0 Å². The molecule has 2 rings (SSSR count). The molecule has 0 aliphatic carbocycles. The third kappa shape index (κ3) is 2.79. The maximum absolute atomic E-state index is 12.3. The number of rotatable bonds is 3. The van der Waals surface area contributed by atoms with Crippen molar-refractivity contribution in [3.63, 3.8) is 0 Å². The van der Waals surface area contributed by atoms with Crippen molar-refractivity contribution in [2.75, 3.05) is 6.54 Å². The SMILES string of the molecule is C=CCN1C(=O)C(=Cc2ccccc2Cl)C(=O)NC1=S. The summed E-state index contributed by atoms with van der Waals surface area (Å²) in [4.78, 5) is 25.4. The summed E-state index contributed by atoms with van der Waals surface area (Å²) in [7, 11) is 0. The normalized spacial score (nSPS) is 17.4. The van der Waals surface area contributed by atoms with E-state index >= 15 is 0 Å². The fourth-order valence-electron chi connectivity index (χ4n) is 1.74.